The predicted molar refractivity (Wildman–Crippen MR) is 194 cm³/mol. The van der Waals surface area contributed by atoms with Gasteiger partial charge in [-0.1, -0.05) is 127 Å². The summed E-state index contributed by atoms with van der Waals surface area (Å²) in [6.07, 6.45) is 18.3. The maximum Gasteiger partial charge on any atom is 0.219 e. The van der Waals surface area contributed by atoms with Crippen molar-refractivity contribution in [3.8, 4) is 28.3 Å². The first-order chi connectivity index (χ1) is 22.5. The highest BCUT2D eigenvalue weighted by Crippen LogP contribution is 2.50. The molecule has 0 spiro atoms. The number of aliphatic hydroxyl groups excluding tert-OH is 1. The number of tetrazole rings is 1. The zero-order valence-corrected chi connectivity index (χ0v) is 29.2. The Morgan fingerprint density at radius 2 is 1.37 bits per heavy atom. The standard InChI is InChI=1S/C36H46N4O3S3/c1-2-3-4-5-6-7-8-9-10-11-12-13-14-20-25-45-31-26-30(41)34(32(33(31)42)28-23-18-19-24-29(28)35(43)44)46-36-37-38-39-40(36)27-21-16-15-17-22-27/h15-19,21-24,26,41-42H,2-14,20,25H2,1H3,(H,43,44). The molecule has 0 fully saturated rings. The van der Waals surface area contributed by atoms with E-state index >= 15 is 0 Å². The van der Waals surface area contributed by atoms with Gasteiger partial charge in [0.25, 0.3) is 0 Å². The Morgan fingerprint density at radius 1 is 0.783 bits per heavy atom. The second kappa shape index (κ2) is 19.6. The number of unbranched alkanes of at least 4 members (excludes halogenated alkanes) is 13. The van der Waals surface area contributed by atoms with Gasteiger partial charge in [0.15, 0.2) is 5.05 Å². The highest BCUT2D eigenvalue weighted by molar-refractivity contribution is 7.99. The number of thioether (sulfide) groups is 1. The monoisotopic (exact) mass is 678 g/mol. The molecule has 3 aromatic carbocycles. The van der Waals surface area contributed by atoms with Gasteiger partial charge in [-0.2, -0.15) is 4.68 Å². The molecule has 0 aliphatic carbocycles. The third kappa shape index (κ3) is 10.5. The Hall–Kier alpha value is -3.08. The largest absolute Gasteiger partial charge is 0.507 e. The topological polar surface area (TPSA) is 104 Å². The van der Waals surface area contributed by atoms with Crippen LogP contribution >= 0.6 is 35.7 Å². The van der Waals surface area contributed by atoms with E-state index in [1.54, 1.807) is 28.9 Å². The highest BCUT2D eigenvalue weighted by atomic mass is 32.2. The number of hydrogen-bond acceptors (Lipinski definition) is 8. The van der Waals surface area contributed by atoms with Gasteiger partial charge >= 0.3 is 0 Å². The maximum absolute atomic E-state index is 11.7. The number of phenolic OH excluding ortho intramolecular Hbond substituents is 2. The van der Waals surface area contributed by atoms with Gasteiger partial charge in [0.2, 0.25) is 5.16 Å². The number of hydrogen-bond donors (Lipinski definition) is 3. The summed E-state index contributed by atoms with van der Waals surface area (Å²) in [5.41, 5.74) is 2.05. The molecule has 0 saturated carbocycles. The Balaban J connectivity index is 1.38. The highest BCUT2D eigenvalue weighted by Gasteiger charge is 2.25. The lowest BCUT2D eigenvalue weighted by atomic mass is 9.98. The van der Waals surface area contributed by atoms with Gasteiger partial charge in [-0.05, 0) is 76.4 Å². The Bertz CT molecular complexity index is 1510. The van der Waals surface area contributed by atoms with Crippen molar-refractivity contribution in [3.05, 3.63) is 66.2 Å². The van der Waals surface area contributed by atoms with Crippen molar-refractivity contribution in [3.63, 3.8) is 0 Å². The molecule has 0 bridgehead atoms. The SMILES string of the molecule is CCCCCCCCCCCCCCCCSc1cc(O)c(Sc2nnnn2-c2ccccc2)c(-c2ccccc2C(O)=S)c1O. The van der Waals surface area contributed by atoms with E-state index in [9.17, 15) is 15.3 Å². The molecule has 1 aromatic heterocycles. The van der Waals surface area contributed by atoms with Crippen LogP contribution < -0.4 is 0 Å². The van der Waals surface area contributed by atoms with E-state index in [0.29, 0.717) is 31.6 Å². The normalized spacial score (nSPS) is 11.2. The van der Waals surface area contributed by atoms with Gasteiger partial charge < -0.3 is 15.3 Å². The molecule has 7 nitrogen and oxygen atoms in total. The van der Waals surface area contributed by atoms with E-state index in [-0.39, 0.29) is 16.5 Å². The molecule has 0 atom stereocenters. The van der Waals surface area contributed by atoms with Crippen molar-refractivity contribution >= 4 is 40.8 Å². The number of phenols is 2. The predicted octanol–water partition coefficient (Wildman–Crippen LogP) is 10.7. The minimum absolute atomic E-state index is 0.0115. The van der Waals surface area contributed by atoms with Crippen LogP contribution in [0.4, 0.5) is 0 Å². The first-order valence-corrected chi connectivity index (χ1v) is 18.8. The molecule has 1 heterocycles. The Kier molecular flexibility index (Phi) is 15.2. The van der Waals surface area contributed by atoms with E-state index in [0.717, 1.165) is 36.0 Å². The fourth-order valence-corrected chi connectivity index (χ4v) is 7.65. The van der Waals surface area contributed by atoms with E-state index in [1.807, 2.05) is 36.4 Å². The molecule has 0 radical (unpaired) electrons. The molecule has 3 N–H and O–H groups in total. The molecule has 246 valence electrons. The van der Waals surface area contributed by atoms with Gasteiger partial charge in [-0.3, -0.25) is 0 Å². The molecule has 0 aliphatic rings. The van der Waals surface area contributed by atoms with Crippen molar-refractivity contribution in [1.82, 2.24) is 20.2 Å². The number of para-hydroxylation sites is 1. The molecule has 0 saturated heterocycles. The van der Waals surface area contributed by atoms with Crippen LogP contribution in [0.1, 0.15) is 102 Å². The number of rotatable bonds is 21. The molecule has 0 amide bonds. The molecule has 10 heteroatoms. The lowest BCUT2D eigenvalue weighted by molar-refractivity contribution is 0.441. The second-order valence-corrected chi connectivity index (χ2v) is 14.1. The molecule has 46 heavy (non-hydrogen) atoms. The van der Waals surface area contributed by atoms with Crippen LogP contribution in [0.15, 0.2) is 75.6 Å². The van der Waals surface area contributed by atoms with Crippen LogP contribution in [-0.2, 0) is 0 Å². The molecule has 4 rings (SSSR count). The lowest BCUT2D eigenvalue weighted by Gasteiger charge is -2.18. The number of nitrogens with zero attached hydrogens (tertiary/aromatic N) is 4. The number of thiocarbonyl (C=S) groups is 1. The first-order valence-electron chi connectivity index (χ1n) is 16.6. The fourth-order valence-electron chi connectivity index (χ4n) is 5.51. The smallest absolute Gasteiger partial charge is 0.219 e. The van der Waals surface area contributed by atoms with Crippen LogP contribution in [-0.4, -0.2) is 46.3 Å². The molecule has 0 unspecified atom stereocenters. The van der Waals surface area contributed by atoms with Gasteiger partial charge in [0.05, 0.1) is 15.5 Å². The van der Waals surface area contributed by atoms with E-state index in [2.05, 4.69) is 22.4 Å². The Labute approximate surface area is 287 Å². The van der Waals surface area contributed by atoms with E-state index < -0.39 is 0 Å². The van der Waals surface area contributed by atoms with Crippen molar-refractivity contribution < 1.29 is 15.3 Å². The maximum atomic E-state index is 11.7. The molecule has 0 aliphatic heterocycles. The zero-order chi connectivity index (χ0) is 32.6. The summed E-state index contributed by atoms with van der Waals surface area (Å²) in [7, 11) is 0. The summed E-state index contributed by atoms with van der Waals surface area (Å²) in [4.78, 5) is 0.946. The first kappa shape index (κ1) is 35.8. The van der Waals surface area contributed by atoms with Crippen molar-refractivity contribution in [2.45, 2.75) is 112 Å². The third-order valence-electron chi connectivity index (χ3n) is 8.01. The summed E-state index contributed by atoms with van der Waals surface area (Å²) in [6, 6.07) is 18.1. The molecular formula is C36H46N4O3S3. The summed E-state index contributed by atoms with van der Waals surface area (Å²) < 4.78 is 1.58. The summed E-state index contributed by atoms with van der Waals surface area (Å²) >= 11 is 7.80. The average molecular weight is 679 g/mol. The second-order valence-electron chi connectivity index (χ2n) is 11.6. The van der Waals surface area contributed by atoms with Crippen LogP contribution in [0, 0.1) is 0 Å². The van der Waals surface area contributed by atoms with Gasteiger partial charge in [0, 0.05) is 11.1 Å². The Morgan fingerprint density at radius 3 is 2.00 bits per heavy atom. The van der Waals surface area contributed by atoms with E-state index in [1.165, 1.54) is 88.8 Å². The zero-order valence-electron chi connectivity index (χ0n) is 26.7. The van der Waals surface area contributed by atoms with Crippen molar-refractivity contribution in [2.75, 3.05) is 5.75 Å². The molecular weight excluding hydrogens is 633 g/mol. The average Bonchev–Trinajstić information content (AvgIpc) is 3.54. The number of benzene rings is 3. The summed E-state index contributed by atoms with van der Waals surface area (Å²) in [5.74, 6) is 0.837. The van der Waals surface area contributed by atoms with Gasteiger partial charge in [0.1, 0.15) is 11.5 Å². The minimum atomic E-state index is -0.292. The van der Waals surface area contributed by atoms with Crippen molar-refractivity contribution in [1.29, 1.82) is 0 Å². The van der Waals surface area contributed by atoms with Crippen LogP contribution in [0.2, 0.25) is 0 Å². The van der Waals surface area contributed by atoms with Crippen LogP contribution in [0.3, 0.4) is 0 Å². The number of aliphatic hydroxyl groups is 1. The summed E-state index contributed by atoms with van der Waals surface area (Å²) in [6.45, 7) is 2.27. The number of aromatic nitrogens is 4. The van der Waals surface area contributed by atoms with Gasteiger partial charge in [-0.25, -0.2) is 0 Å². The quantitative estimate of drug-likeness (QED) is 0.0344. The van der Waals surface area contributed by atoms with Gasteiger partial charge in [-0.15, -0.1) is 16.9 Å². The van der Waals surface area contributed by atoms with Crippen LogP contribution in [0.5, 0.6) is 11.5 Å². The third-order valence-corrected chi connectivity index (χ3v) is 10.4. The van der Waals surface area contributed by atoms with E-state index in [4.69, 9.17) is 12.2 Å². The molecule has 4 aromatic rings. The minimum Gasteiger partial charge on any atom is -0.507 e. The van der Waals surface area contributed by atoms with Crippen molar-refractivity contribution in [2.24, 2.45) is 0 Å². The number of aromatic hydroxyl groups is 2. The summed E-state index contributed by atoms with van der Waals surface area (Å²) in [5, 5.41) is 45.6. The van der Waals surface area contributed by atoms with Crippen LogP contribution in [0.25, 0.3) is 16.8 Å². The lowest BCUT2D eigenvalue weighted by Crippen LogP contribution is -2.01. The fraction of sp³-hybridized carbons (Fsp3) is 0.444.